The summed E-state index contributed by atoms with van der Waals surface area (Å²) in [7, 11) is 4.95. The molecule has 1 aliphatic rings. The van der Waals surface area contributed by atoms with E-state index in [2.05, 4.69) is 11.6 Å². The van der Waals surface area contributed by atoms with Gasteiger partial charge in [0.2, 0.25) is 0 Å². The Bertz CT molecular complexity index is 83.0. The van der Waals surface area contributed by atoms with Crippen molar-refractivity contribution in [2.45, 2.75) is 26.2 Å². The number of rotatable bonds is 2. The first kappa shape index (κ1) is 7.14. The fraction of sp³-hybridized carbons (Fsp3) is 1.00. The van der Waals surface area contributed by atoms with Crippen LogP contribution in [-0.4, -0.2) is 14.7 Å². The minimum Gasteiger partial charge on any atom is -0.447 e. The molecule has 0 aliphatic heterocycles. The second-order valence-corrected chi connectivity index (χ2v) is 3.12. The molecule has 0 amide bonds. The molecule has 1 aliphatic carbocycles. The van der Waals surface area contributed by atoms with Crippen LogP contribution in [0.2, 0.25) is 0 Å². The zero-order valence-corrected chi connectivity index (χ0v) is 5.97. The van der Waals surface area contributed by atoms with Crippen LogP contribution < -0.4 is 0 Å². The van der Waals surface area contributed by atoms with E-state index in [0.29, 0.717) is 0 Å². The van der Waals surface area contributed by atoms with E-state index < -0.39 is 0 Å². The van der Waals surface area contributed by atoms with E-state index in [9.17, 15) is 0 Å². The van der Waals surface area contributed by atoms with Gasteiger partial charge in [-0.25, -0.2) is 0 Å². The quantitative estimate of drug-likeness (QED) is 0.507. The minimum atomic E-state index is 0.741. The first-order valence-corrected chi connectivity index (χ1v) is 3.64. The monoisotopic (exact) mass is 124 g/mol. The number of hydrogen-bond acceptors (Lipinski definition) is 1. The van der Waals surface area contributed by atoms with Crippen molar-refractivity contribution in [3.8, 4) is 0 Å². The van der Waals surface area contributed by atoms with Crippen LogP contribution in [0.15, 0.2) is 0 Å². The fourth-order valence-corrected chi connectivity index (χ4v) is 1.61. The van der Waals surface area contributed by atoms with Gasteiger partial charge in [0.25, 0.3) is 8.05 Å². The van der Waals surface area contributed by atoms with Crippen LogP contribution in [0.25, 0.3) is 0 Å². The van der Waals surface area contributed by atoms with E-state index in [1.807, 2.05) is 0 Å². The second-order valence-electron chi connectivity index (χ2n) is 3.12. The summed E-state index contributed by atoms with van der Waals surface area (Å²) in [5, 5.41) is 0. The Morgan fingerprint density at radius 2 is 2.33 bits per heavy atom. The SMILES string of the molecule is [B]OCC1CCC(C)C1. The van der Waals surface area contributed by atoms with E-state index >= 15 is 0 Å². The third kappa shape index (κ3) is 2.01. The van der Waals surface area contributed by atoms with Gasteiger partial charge in [0.1, 0.15) is 0 Å². The highest BCUT2D eigenvalue weighted by atomic mass is 16.4. The Morgan fingerprint density at radius 1 is 1.56 bits per heavy atom. The molecule has 0 heterocycles. The van der Waals surface area contributed by atoms with E-state index in [1.165, 1.54) is 19.3 Å². The summed E-state index contributed by atoms with van der Waals surface area (Å²) in [5.41, 5.74) is 0. The lowest BCUT2D eigenvalue weighted by molar-refractivity contribution is 0.269. The van der Waals surface area contributed by atoms with Crippen molar-refractivity contribution in [1.29, 1.82) is 0 Å². The third-order valence-corrected chi connectivity index (χ3v) is 2.14. The van der Waals surface area contributed by atoms with Crippen molar-refractivity contribution in [2.75, 3.05) is 6.61 Å². The molecular formula is C7H13BO. The summed E-state index contributed by atoms with van der Waals surface area (Å²) in [6, 6.07) is 0. The third-order valence-electron chi connectivity index (χ3n) is 2.14. The zero-order chi connectivity index (χ0) is 6.69. The molecule has 1 fully saturated rings. The summed E-state index contributed by atoms with van der Waals surface area (Å²) in [5.74, 6) is 1.63. The van der Waals surface area contributed by atoms with Crippen molar-refractivity contribution in [3.63, 3.8) is 0 Å². The second kappa shape index (κ2) is 3.26. The summed E-state index contributed by atoms with van der Waals surface area (Å²) in [4.78, 5) is 0. The lowest BCUT2D eigenvalue weighted by Crippen LogP contribution is -2.03. The molecule has 0 aromatic carbocycles. The van der Waals surface area contributed by atoms with Crippen LogP contribution in [0.3, 0.4) is 0 Å². The Morgan fingerprint density at radius 3 is 2.78 bits per heavy atom. The molecule has 1 nitrogen and oxygen atoms in total. The van der Waals surface area contributed by atoms with Crippen LogP contribution in [0.4, 0.5) is 0 Å². The van der Waals surface area contributed by atoms with Crippen molar-refractivity contribution in [1.82, 2.24) is 0 Å². The smallest absolute Gasteiger partial charge is 0.282 e. The van der Waals surface area contributed by atoms with Gasteiger partial charge in [0.15, 0.2) is 0 Å². The normalized spacial score (nSPS) is 35.2. The van der Waals surface area contributed by atoms with Crippen LogP contribution >= 0.6 is 0 Å². The Kier molecular flexibility index (Phi) is 2.58. The molecule has 1 rings (SSSR count). The molecule has 2 atom stereocenters. The van der Waals surface area contributed by atoms with Gasteiger partial charge in [-0.2, -0.15) is 0 Å². The van der Waals surface area contributed by atoms with Crippen LogP contribution in [-0.2, 0) is 4.65 Å². The average Bonchev–Trinajstić information content (AvgIpc) is 2.17. The predicted octanol–water partition coefficient (Wildman–Crippen LogP) is 1.52. The molecule has 0 bridgehead atoms. The summed E-state index contributed by atoms with van der Waals surface area (Å²) in [6.45, 7) is 3.04. The maximum absolute atomic E-state index is 4.95. The zero-order valence-electron chi connectivity index (χ0n) is 5.97. The van der Waals surface area contributed by atoms with E-state index in [1.54, 1.807) is 0 Å². The molecule has 1 saturated carbocycles. The van der Waals surface area contributed by atoms with Gasteiger partial charge in [0, 0.05) is 6.61 Å². The molecule has 0 saturated heterocycles. The van der Waals surface area contributed by atoms with Crippen LogP contribution in [0.1, 0.15) is 26.2 Å². The van der Waals surface area contributed by atoms with Crippen molar-refractivity contribution < 1.29 is 4.65 Å². The van der Waals surface area contributed by atoms with Gasteiger partial charge in [-0.3, -0.25) is 0 Å². The van der Waals surface area contributed by atoms with Crippen molar-refractivity contribution in [3.05, 3.63) is 0 Å². The molecule has 2 radical (unpaired) electrons. The molecule has 2 heteroatoms. The van der Waals surface area contributed by atoms with E-state index in [0.717, 1.165) is 18.4 Å². The van der Waals surface area contributed by atoms with E-state index in [-0.39, 0.29) is 0 Å². The van der Waals surface area contributed by atoms with Gasteiger partial charge >= 0.3 is 0 Å². The van der Waals surface area contributed by atoms with Gasteiger partial charge in [-0.1, -0.05) is 13.3 Å². The largest absolute Gasteiger partial charge is 0.447 e. The highest BCUT2D eigenvalue weighted by Crippen LogP contribution is 2.29. The summed E-state index contributed by atoms with van der Waals surface area (Å²) < 4.78 is 4.57. The minimum absolute atomic E-state index is 0.741. The van der Waals surface area contributed by atoms with E-state index in [4.69, 9.17) is 8.05 Å². The highest BCUT2D eigenvalue weighted by Gasteiger charge is 2.20. The maximum atomic E-state index is 4.95. The first-order chi connectivity index (χ1) is 4.33. The molecule has 0 spiro atoms. The fourth-order valence-electron chi connectivity index (χ4n) is 1.61. The lowest BCUT2D eigenvalue weighted by atomic mass is 10.1. The van der Waals surface area contributed by atoms with Crippen LogP contribution in [0.5, 0.6) is 0 Å². The first-order valence-electron chi connectivity index (χ1n) is 3.64. The lowest BCUT2D eigenvalue weighted by Gasteiger charge is -2.06. The Balaban J connectivity index is 2.14. The molecule has 50 valence electrons. The Hall–Kier alpha value is 0.0249. The molecular weight excluding hydrogens is 111 g/mol. The predicted molar refractivity (Wildman–Crippen MR) is 38.2 cm³/mol. The average molecular weight is 124 g/mol. The van der Waals surface area contributed by atoms with Crippen molar-refractivity contribution in [2.24, 2.45) is 11.8 Å². The standard InChI is InChI=1S/C7H13BO/c1-6-2-3-7(4-6)5-9-8/h6-7H,2-5H2,1H3. The van der Waals surface area contributed by atoms with Gasteiger partial charge < -0.3 is 4.65 Å². The molecule has 0 N–H and O–H groups in total. The van der Waals surface area contributed by atoms with Crippen LogP contribution in [0, 0.1) is 11.8 Å². The van der Waals surface area contributed by atoms with Gasteiger partial charge in [0.05, 0.1) is 0 Å². The summed E-state index contributed by atoms with van der Waals surface area (Å²) in [6.07, 6.45) is 3.96. The number of hydrogen-bond donors (Lipinski definition) is 0. The molecule has 0 aromatic rings. The topological polar surface area (TPSA) is 9.23 Å². The molecule has 2 unspecified atom stereocenters. The van der Waals surface area contributed by atoms with Gasteiger partial charge in [-0.15, -0.1) is 0 Å². The van der Waals surface area contributed by atoms with Gasteiger partial charge in [-0.05, 0) is 24.7 Å². The van der Waals surface area contributed by atoms with Crippen molar-refractivity contribution >= 4 is 8.05 Å². The highest BCUT2D eigenvalue weighted by molar-refractivity contribution is 5.97. The molecule has 0 aromatic heterocycles. The molecule has 9 heavy (non-hydrogen) atoms. The summed E-state index contributed by atoms with van der Waals surface area (Å²) >= 11 is 0. The Labute approximate surface area is 58.2 Å². The maximum Gasteiger partial charge on any atom is 0.282 e.